The molecule has 2 aromatic heterocycles. The van der Waals surface area contributed by atoms with Crippen LogP contribution in [0.2, 0.25) is 0 Å². The van der Waals surface area contributed by atoms with E-state index in [9.17, 15) is 14.9 Å². The number of piperazine rings is 1. The van der Waals surface area contributed by atoms with E-state index in [1.165, 1.54) is 12.1 Å². The topological polar surface area (TPSA) is 97.4 Å². The summed E-state index contributed by atoms with van der Waals surface area (Å²) in [7, 11) is 0. The Morgan fingerprint density at radius 2 is 1.57 bits per heavy atom. The van der Waals surface area contributed by atoms with Crippen molar-refractivity contribution in [2.24, 2.45) is 0 Å². The molecule has 1 amide bonds. The standard InChI is InChI=1S/C26H24N6O3/c33-25(30-16-14-29(15-17-30)22-10-12-27-13-11-22)18-21-19-31(23-4-2-1-3-5-23)28-26(21)20-6-8-24(9-7-20)32(34)35/h1-13,19H,14-18H2. The summed E-state index contributed by atoms with van der Waals surface area (Å²) in [5.41, 5.74) is 4.16. The maximum absolute atomic E-state index is 13.3. The summed E-state index contributed by atoms with van der Waals surface area (Å²) in [6.07, 6.45) is 5.62. The molecular weight excluding hydrogens is 444 g/mol. The summed E-state index contributed by atoms with van der Waals surface area (Å²) in [4.78, 5) is 32.1. The number of benzene rings is 2. The van der Waals surface area contributed by atoms with Crippen LogP contribution in [0.1, 0.15) is 5.56 Å². The normalized spacial score (nSPS) is 13.6. The molecule has 0 aliphatic carbocycles. The largest absolute Gasteiger partial charge is 0.368 e. The van der Waals surface area contributed by atoms with Gasteiger partial charge in [-0.3, -0.25) is 19.9 Å². The first-order valence-electron chi connectivity index (χ1n) is 11.4. The number of nitro groups is 1. The molecule has 5 rings (SSSR count). The Balaban J connectivity index is 1.37. The van der Waals surface area contributed by atoms with Gasteiger partial charge in [0.2, 0.25) is 5.91 Å². The molecule has 176 valence electrons. The zero-order valence-corrected chi connectivity index (χ0v) is 19.0. The van der Waals surface area contributed by atoms with Crippen molar-refractivity contribution >= 4 is 17.3 Å². The number of nitro benzene ring substituents is 1. The van der Waals surface area contributed by atoms with Gasteiger partial charge in [-0.05, 0) is 36.4 Å². The first kappa shape index (κ1) is 22.3. The number of hydrogen-bond acceptors (Lipinski definition) is 6. The first-order chi connectivity index (χ1) is 17.1. The Hall–Kier alpha value is -4.53. The Morgan fingerprint density at radius 3 is 2.23 bits per heavy atom. The molecule has 0 radical (unpaired) electrons. The fraction of sp³-hybridized carbons (Fsp3) is 0.192. The quantitative estimate of drug-likeness (QED) is 0.316. The molecule has 3 heterocycles. The van der Waals surface area contributed by atoms with Crippen LogP contribution in [-0.4, -0.2) is 56.7 Å². The molecule has 0 spiro atoms. The molecule has 0 N–H and O–H groups in total. The van der Waals surface area contributed by atoms with Gasteiger partial charge >= 0.3 is 0 Å². The van der Waals surface area contributed by atoms with Crippen LogP contribution in [0.15, 0.2) is 85.3 Å². The van der Waals surface area contributed by atoms with Gasteiger partial charge in [0.05, 0.1) is 22.7 Å². The lowest BCUT2D eigenvalue weighted by Crippen LogP contribution is -2.49. The number of amides is 1. The van der Waals surface area contributed by atoms with Gasteiger partial charge in [-0.1, -0.05) is 18.2 Å². The van der Waals surface area contributed by atoms with Gasteiger partial charge in [0.1, 0.15) is 0 Å². The molecule has 9 nitrogen and oxygen atoms in total. The maximum atomic E-state index is 13.3. The van der Waals surface area contributed by atoms with E-state index in [2.05, 4.69) is 9.88 Å². The SMILES string of the molecule is O=C(Cc1cn(-c2ccccc2)nc1-c1ccc([N+](=O)[O-])cc1)N1CCN(c2ccncc2)CC1. The fourth-order valence-corrected chi connectivity index (χ4v) is 4.28. The van der Waals surface area contributed by atoms with Gasteiger partial charge in [0, 0.05) is 73.7 Å². The van der Waals surface area contributed by atoms with Gasteiger partial charge in [0.15, 0.2) is 0 Å². The van der Waals surface area contributed by atoms with Crippen molar-refractivity contribution in [3.05, 3.63) is 101 Å². The zero-order valence-electron chi connectivity index (χ0n) is 19.0. The second kappa shape index (κ2) is 9.76. The van der Waals surface area contributed by atoms with Gasteiger partial charge in [-0.25, -0.2) is 4.68 Å². The lowest BCUT2D eigenvalue weighted by Gasteiger charge is -2.36. The molecule has 0 saturated carbocycles. The molecule has 0 bridgehead atoms. The minimum atomic E-state index is -0.428. The third kappa shape index (κ3) is 4.89. The molecule has 2 aromatic carbocycles. The van der Waals surface area contributed by atoms with Gasteiger partial charge < -0.3 is 9.80 Å². The number of para-hydroxylation sites is 1. The number of anilines is 1. The molecule has 1 aliphatic rings. The highest BCUT2D eigenvalue weighted by molar-refractivity contribution is 5.81. The third-order valence-electron chi connectivity index (χ3n) is 6.16. The van der Waals surface area contributed by atoms with E-state index in [-0.39, 0.29) is 18.0 Å². The Labute approximate surface area is 202 Å². The highest BCUT2D eigenvalue weighted by Crippen LogP contribution is 2.27. The summed E-state index contributed by atoms with van der Waals surface area (Å²) in [5, 5.41) is 15.8. The highest BCUT2D eigenvalue weighted by Gasteiger charge is 2.24. The second-order valence-electron chi connectivity index (χ2n) is 8.34. The molecule has 4 aromatic rings. The summed E-state index contributed by atoms with van der Waals surface area (Å²) in [5.74, 6) is 0.0372. The fourth-order valence-electron chi connectivity index (χ4n) is 4.28. The maximum Gasteiger partial charge on any atom is 0.269 e. The van der Waals surface area contributed by atoms with E-state index in [0.717, 1.165) is 35.6 Å². The lowest BCUT2D eigenvalue weighted by molar-refractivity contribution is -0.384. The number of carbonyl (C=O) groups is 1. The summed E-state index contributed by atoms with van der Waals surface area (Å²) in [6, 6.07) is 19.9. The predicted octanol–water partition coefficient (Wildman–Crippen LogP) is 3.73. The van der Waals surface area contributed by atoms with Crippen molar-refractivity contribution < 1.29 is 9.72 Å². The van der Waals surface area contributed by atoms with E-state index >= 15 is 0 Å². The van der Waals surface area contributed by atoms with Crippen molar-refractivity contribution in [1.29, 1.82) is 0 Å². The van der Waals surface area contributed by atoms with Crippen LogP contribution in [-0.2, 0) is 11.2 Å². The number of carbonyl (C=O) groups excluding carboxylic acids is 1. The number of non-ortho nitro benzene ring substituents is 1. The van der Waals surface area contributed by atoms with E-state index in [1.54, 1.807) is 29.2 Å². The first-order valence-corrected chi connectivity index (χ1v) is 11.4. The molecular formula is C26H24N6O3. The average Bonchev–Trinajstić information content (AvgIpc) is 3.33. The van der Waals surface area contributed by atoms with Crippen LogP contribution in [0.4, 0.5) is 11.4 Å². The molecule has 35 heavy (non-hydrogen) atoms. The highest BCUT2D eigenvalue weighted by atomic mass is 16.6. The number of aromatic nitrogens is 3. The van der Waals surface area contributed by atoms with Crippen molar-refractivity contribution in [3.63, 3.8) is 0 Å². The number of hydrogen-bond donors (Lipinski definition) is 0. The van der Waals surface area contributed by atoms with Crippen LogP contribution < -0.4 is 4.90 Å². The Kier molecular flexibility index (Phi) is 6.21. The van der Waals surface area contributed by atoms with Crippen LogP contribution in [0.5, 0.6) is 0 Å². The van der Waals surface area contributed by atoms with Crippen LogP contribution in [0.25, 0.3) is 16.9 Å². The third-order valence-corrected chi connectivity index (χ3v) is 6.16. The average molecular weight is 469 g/mol. The summed E-state index contributed by atoms with van der Waals surface area (Å²) < 4.78 is 1.75. The van der Waals surface area contributed by atoms with Crippen molar-refractivity contribution in [1.82, 2.24) is 19.7 Å². The molecule has 0 atom stereocenters. The second-order valence-corrected chi connectivity index (χ2v) is 8.34. The van der Waals surface area contributed by atoms with E-state index in [1.807, 2.05) is 53.6 Å². The zero-order chi connectivity index (χ0) is 24.2. The van der Waals surface area contributed by atoms with E-state index < -0.39 is 4.92 Å². The Bertz CT molecular complexity index is 1310. The molecule has 9 heteroatoms. The molecule has 1 saturated heterocycles. The number of rotatable bonds is 6. The number of pyridine rings is 1. The van der Waals surface area contributed by atoms with Crippen molar-refractivity contribution in [3.8, 4) is 16.9 Å². The minimum absolute atomic E-state index is 0.0148. The predicted molar refractivity (Wildman–Crippen MR) is 132 cm³/mol. The van der Waals surface area contributed by atoms with Crippen molar-refractivity contribution in [2.45, 2.75) is 6.42 Å². The van der Waals surface area contributed by atoms with Gasteiger partial charge in [-0.15, -0.1) is 0 Å². The van der Waals surface area contributed by atoms with E-state index in [0.29, 0.717) is 18.8 Å². The molecule has 1 aliphatic heterocycles. The lowest BCUT2D eigenvalue weighted by atomic mass is 10.0. The smallest absolute Gasteiger partial charge is 0.269 e. The minimum Gasteiger partial charge on any atom is -0.368 e. The monoisotopic (exact) mass is 468 g/mol. The number of nitrogens with zero attached hydrogens (tertiary/aromatic N) is 6. The van der Waals surface area contributed by atoms with Crippen LogP contribution in [0, 0.1) is 10.1 Å². The molecule has 1 fully saturated rings. The summed E-state index contributed by atoms with van der Waals surface area (Å²) >= 11 is 0. The van der Waals surface area contributed by atoms with Crippen LogP contribution in [0.3, 0.4) is 0 Å². The van der Waals surface area contributed by atoms with Crippen LogP contribution >= 0.6 is 0 Å². The Morgan fingerprint density at radius 1 is 0.886 bits per heavy atom. The van der Waals surface area contributed by atoms with Gasteiger partial charge in [0.25, 0.3) is 5.69 Å². The van der Waals surface area contributed by atoms with Gasteiger partial charge in [-0.2, -0.15) is 5.10 Å². The summed E-state index contributed by atoms with van der Waals surface area (Å²) in [6.45, 7) is 2.80. The van der Waals surface area contributed by atoms with E-state index in [4.69, 9.17) is 5.10 Å². The van der Waals surface area contributed by atoms with Crippen molar-refractivity contribution in [2.75, 3.05) is 31.1 Å². The molecule has 0 unspecified atom stereocenters.